The van der Waals surface area contributed by atoms with Crippen LogP contribution in [-0.2, 0) is 12.8 Å². The summed E-state index contributed by atoms with van der Waals surface area (Å²) in [6.07, 6.45) is 1.66. The highest BCUT2D eigenvalue weighted by Gasteiger charge is 2.12. The van der Waals surface area contributed by atoms with Gasteiger partial charge in [0.05, 0.1) is 21.5 Å². The van der Waals surface area contributed by atoms with Gasteiger partial charge in [0, 0.05) is 12.8 Å². The van der Waals surface area contributed by atoms with Crippen molar-refractivity contribution in [3.05, 3.63) is 76.2 Å². The quantitative estimate of drug-likeness (QED) is 0.237. The monoisotopic (exact) mass is 405 g/mol. The largest absolute Gasteiger partial charge is 0.444 e. The molecule has 5 aromatic rings. The summed E-state index contributed by atoms with van der Waals surface area (Å²) < 4.78 is 7.17. The number of thioether (sulfide) groups is 1. The molecule has 2 aromatic carbocycles. The number of rotatable bonds is 4. The maximum Gasteiger partial charge on any atom is 0.261 e. The Morgan fingerprint density at radius 1 is 1.11 bits per heavy atom. The number of aromatic nitrogens is 3. The van der Waals surface area contributed by atoms with Crippen molar-refractivity contribution in [2.45, 2.75) is 10.9 Å². The van der Waals surface area contributed by atoms with Crippen molar-refractivity contribution >= 4 is 44.8 Å². The second-order valence-electron chi connectivity index (χ2n) is 6.39. The van der Waals surface area contributed by atoms with Gasteiger partial charge in [0.1, 0.15) is 6.26 Å². The molecule has 3 heterocycles. The molecule has 0 bridgehead atoms. The smallest absolute Gasteiger partial charge is 0.261 e. The van der Waals surface area contributed by atoms with E-state index in [0.29, 0.717) is 27.7 Å². The zero-order chi connectivity index (χ0) is 19.1. The summed E-state index contributed by atoms with van der Waals surface area (Å²) in [6, 6.07) is 15.8. The van der Waals surface area contributed by atoms with Crippen LogP contribution in [0.15, 0.2) is 74.5 Å². The molecule has 0 fully saturated rings. The van der Waals surface area contributed by atoms with Crippen LogP contribution in [0.2, 0.25) is 0 Å². The van der Waals surface area contributed by atoms with Crippen LogP contribution in [-0.4, -0.2) is 14.5 Å². The van der Waals surface area contributed by atoms with Gasteiger partial charge in [-0.3, -0.25) is 9.36 Å². The first-order valence-corrected chi connectivity index (χ1v) is 10.6. The Kier molecular flexibility index (Phi) is 4.26. The first kappa shape index (κ1) is 17.2. The van der Waals surface area contributed by atoms with Gasteiger partial charge < -0.3 is 4.42 Å². The summed E-state index contributed by atoms with van der Waals surface area (Å²) in [5.74, 6) is 1.20. The first-order valence-electron chi connectivity index (χ1n) is 8.70. The third-order valence-corrected chi connectivity index (χ3v) is 6.46. The average Bonchev–Trinajstić information content (AvgIpc) is 3.40. The number of oxazole rings is 1. The Bertz CT molecular complexity index is 1350. The molecule has 5 nitrogen and oxygen atoms in total. The molecule has 0 unspecified atom stereocenters. The van der Waals surface area contributed by atoms with E-state index in [-0.39, 0.29) is 5.56 Å². The highest BCUT2D eigenvalue weighted by Crippen LogP contribution is 2.27. The van der Waals surface area contributed by atoms with Crippen molar-refractivity contribution in [3.8, 4) is 10.8 Å². The highest BCUT2D eigenvalue weighted by atomic mass is 32.2. The predicted molar refractivity (Wildman–Crippen MR) is 114 cm³/mol. The van der Waals surface area contributed by atoms with Crippen molar-refractivity contribution in [1.82, 2.24) is 14.5 Å². The Balaban J connectivity index is 1.48. The van der Waals surface area contributed by atoms with E-state index in [4.69, 9.17) is 9.40 Å². The second kappa shape index (κ2) is 6.92. The summed E-state index contributed by atoms with van der Waals surface area (Å²) >= 11 is 3.07. The van der Waals surface area contributed by atoms with E-state index in [1.807, 2.05) is 53.9 Å². The minimum Gasteiger partial charge on any atom is -0.444 e. The second-order valence-corrected chi connectivity index (χ2v) is 8.28. The third kappa shape index (κ3) is 3.02. The summed E-state index contributed by atoms with van der Waals surface area (Å²) in [5.41, 5.74) is 1.49. The lowest BCUT2D eigenvalue weighted by Gasteiger charge is -2.09. The van der Waals surface area contributed by atoms with Gasteiger partial charge in [0.25, 0.3) is 5.56 Å². The van der Waals surface area contributed by atoms with Crippen LogP contribution in [0.25, 0.3) is 32.4 Å². The molecule has 0 aliphatic heterocycles. The number of thiophene rings is 1. The summed E-state index contributed by atoms with van der Waals surface area (Å²) in [7, 11) is 1.76. The predicted octanol–water partition coefficient (Wildman–Crippen LogP) is 5.10. The molecule has 0 atom stereocenters. The topological polar surface area (TPSA) is 60.9 Å². The minimum atomic E-state index is -0.0438. The molecule has 0 saturated heterocycles. The molecule has 28 heavy (non-hydrogen) atoms. The zero-order valence-electron chi connectivity index (χ0n) is 15.0. The van der Waals surface area contributed by atoms with Crippen LogP contribution >= 0.6 is 23.1 Å². The van der Waals surface area contributed by atoms with E-state index in [1.165, 1.54) is 11.8 Å². The summed E-state index contributed by atoms with van der Waals surface area (Å²) in [4.78, 5) is 23.1. The van der Waals surface area contributed by atoms with Gasteiger partial charge in [0.2, 0.25) is 5.89 Å². The maximum atomic E-state index is 12.8. The van der Waals surface area contributed by atoms with Gasteiger partial charge in [-0.1, -0.05) is 42.1 Å². The fourth-order valence-corrected chi connectivity index (χ4v) is 4.60. The van der Waals surface area contributed by atoms with E-state index in [0.717, 1.165) is 21.3 Å². The van der Waals surface area contributed by atoms with E-state index in [9.17, 15) is 4.79 Å². The van der Waals surface area contributed by atoms with Crippen LogP contribution in [0.5, 0.6) is 0 Å². The average molecular weight is 406 g/mol. The van der Waals surface area contributed by atoms with Crippen molar-refractivity contribution in [3.63, 3.8) is 0 Å². The molecular weight excluding hydrogens is 390 g/mol. The van der Waals surface area contributed by atoms with Crippen LogP contribution in [0.4, 0.5) is 0 Å². The van der Waals surface area contributed by atoms with E-state index in [1.54, 1.807) is 29.2 Å². The lowest BCUT2D eigenvalue weighted by molar-refractivity contribution is 0.575. The Morgan fingerprint density at radius 3 is 2.71 bits per heavy atom. The molecule has 5 rings (SSSR count). The third-order valence-electron chi connectivity index (χ3n) is 4.53. The van der Waals surface area contributed by atoms with Gasteiger partial charge in [-0.05, 0) is 34.4 Å². The van der Waals surface area contributed by atoms with Crippen LogP contribution in [0.1, 0.15) is 5.69 Å². The van der Waals surface area contributed by atoms with Crippen molar-refractivity contribution in [2.24, 2.45) is 7.05 Å². The first-order chi connectivity index (χ1) is 13.7. The molecule has 0 N–H and O–H groups in total. The molecule has 138 valence electrons. The highest BCUT2D eigenvalue weighted by molar-refractivity contribution is 7.98. The summed E-state index contributed by atoms with van der Waals surface area (Å²) in [5, 5.41) is 5.40. The molecule has 0 aliphatic carbocycles. The van der Waals surface area contributed by atoms with Crippen LogP contribution in [0, 0.1) is 0 Å². The van der Waals surface area contributed by atoms with Crippen LogP contribution < -0.4 is 5.56 Å². The molecular formula is C21H15N3O2S2. The Hall–Kier alpha value is -2.90. The molecule has 0 radical (unpaired) electrons. The van der Waals surface area contributed by atoms with Gasteiger partial charge in [-0.2, -0.15) is 0 Å². The number of hydrogen-bond acceptors (Lipinski definition) is 6. The standard InChI is InChI=1S/C21H15N3O2S2/c1-24-20(25)16-9-13-5-2-3-6-14(13)10-17(16)23-21(24)28-12-15-11-26-19(22-15)18-7-4-8-27-18/h2-11H,12H2,1H3. The fourth-order valence-electron chi connectivity index (χ4n) is 3.09. The molecule has 0 aliphatic rings. The molecule has 3 aromatic heterocycles. The summed E-state index contributed by atoms with van der Waals surface area (Å²) in [6.45, 7) is 0. The molecule has 0 saturated carbocycles. The minimum absolute atomic E-state index is 0.0438. The Morgan fingerprint density at radius 2 is 1.93 bits per heavy atom. The van der Waals surface area contributed by atoms with Gasteiger partial charge in [0.15, 0.2) is 5.16 Å². The molecule has 0 amide bonds. The van der Waals surface area contributed by atoms with Crippen molar-refractivity contribution in [2.75, 3.05) is 0 Å². The van der Waals surface area contributed by atoms with Crippen LogP contribution in [0.3, 0.4) is 0 Å². The number of fused-ring (bicyclic) bond motifs is 2. The number of benzene rings is 2. The zero-order valence-corrected chi connectivity index (χ0v) is 16.6. The number of hydrogen-bond donors (Lipinski definition) is 0. The van der Waals surface area contributed by atoms with Gasteiger partial charge >= 0.3 is 0 Å². The lowest BCUT2D eigenvalue weighted by Crippen LogP contribution is -2.20. The maximum absolute atomic E-state index is 12.8. The van der Waals surface area contributed by atoms with E-state index in [2.05, 4.69) is 4.98 Å². The van der Waals surface area contributed by atoms with Crippen molar-refractivity contribution in [1.29, 1.82) is 0 Å². The van der Waals surface area contributed by atoms with E-state index >= 15 is 0 Å². The SMILES string of the molecule is Cn1c(SCc2coc(-c3cccs3)n2)nc2cc3ccccc3cc2c1=O. The number of nitrogens with zero attached hydrogens (tertiary/aromatic N) is 3. The van der Waals surface area contributed by atoms with Crippen molar-refractivity contribution < 1.29 is 4.42 Å². The lowest BCUT2D eigenvalue weighted by atomic mass is 10.1. The molecule has 7 heteroatoms. The molecule has 0 spiro atoms. The van der Waals surface area contributed by atoms with Gasteiger partial charge in [-0.25, -0.2) is 9.97 Å². The fraction of sp³-hybridized carbons (Fsp3) is 0.0952. The Labute approximate surface area is 168 Å². The normalized spacial score (nSPS) is 11.5. The van der Waals surface area contributed by atoms with E-state index < -0.39 is 0 Å². The van der Waals surface area contributed by atoms with Gasteiger partial charge in [-0.15, -0.1) is 11.3 Å².